The van der Waals surface area contributed by atoms with Crippen molar-refractivity contribution in [2.45, 2.75) is 65.2 Å². The van der Waals surface area contributed by atoms with Crippen LogP contribution in [0.15, 0.2) is 24.3 Å². The van der Waals surface area contributed by atoms with Crippen LogP contribution >= 0.6 is 0 Å². The van der Waals surface area contributed by atoms with Crippen molar-refractivity contribution in [2.24, 2.45) is 11.5 Å². The second kappa shape index (κ2) is 17.5. The Hall–Kier alpha value is -2.90. The first-order chi connectivity index (χ1) is 13.2. The maximum Gasteiger partial charge on any atom is 0.336 e. The fourth-order valence-electron chi connectivity index (χ4n) is 1.95. The monoisotopic (exact) mass is 396 g/mol. The minimum absolute atomic E-state index is 0.182. The Kier molecular flexibility index (Phi) is 17.1. The van der Waals surface area contributed by atoms with Gasteiger partial charge in [0.15, 0.2) is 0 Å². The highest BCUT2D eigenvalue weighted by molar-refractivity contribution is 6.01. The summed E-state index contributed by atoms with van der Waals surface area (Å²) in [6.07, 6.45) is 7.52. The fourth-order valence-corrected chi connectivity index (χ4v) is 1.95. The summed E-state index contributed by atoms with van der Waals surface area (Å²) in [4.78, 5) is 41.1. The van der Waals surface area contributed by atoms with Crippen LogP contribution in [-0.4, -0.2) is 34.0 Å². The molecule has 28 heavy (non-hydrogen) atoms. The van der Waals surface area contributed by atoms with Crippen LogP contribution in [0.25, 0.3) is 0 Å². The maximum absolute atomic E-state index is 10.5. The van der Waals surface area contributed by atoms with E-state index in [1.165, 1.54) is 24.3 Å². The summed E-state index contributed by atoms with van der Waals surface area (Å²) < 4.78 is 0. The number of amides is 2. The molecule has 0 fully saturated rings. The van der Waals surface area contributed by atoms with Crippen molar-refractivity contribution in [1.29, 1.82) is 0 Å². The first-order valence-corrected chi connectivity index (χ1v) is 9.29. The second-order valence-corrected chi connectivity index (χ2v) is 6.00. The lowest BCUT2D eigenvalue weighted by Crippen LogP contribution is -2.09. The van der Waals surface area contributed by atoms with Gasteiger partial charge in [-0.05, 0) is 25.0 Å². The van der Waals surface area contributed by atoms with Crippen LogP contribution in [0.5, 0.6) is 0 Å². The van der Waals surface area contributed by atoms with E-state index in [2.05, 4.69) is 13.8 Å². The van der Waals surface area contributed by atoms with Crippen LogP contribution in [-0.2, 0) is 9.59 Å². The molecule has 0 atom stereocenters. The van der Waals surface area contributed by atoms with Gasteiger partial charge in [0.05, 0.1) is 11.1 Å². The molecule has 1 aromatic rings. The Bertz CT molecular complexity index is 563. The molecule has 8 nitrogen and oxygen atoms in total. The highest BCUT2D eigenvalue weighted by Gasteiger charge is 2.13. The smallest absolute Gasteiger partial charge is 0.336 e. The molecule has 0 aliphatic rings. The average Bonchev–Trinajstić information content (AvgIpc) is 2.62. The van der Waals surface area contributed by atoms with Crippen LogP contribution < -0.4 is 11.5 Å². The van der Waals surface area contributed by atoms with Crippen LogP contribution in [0.2, 0.25) is 0 Å². The number of carboxylic acid groups (broad SMARTS) is 2. The van der Waals surface area contributed by atoms with E-state index < -0.39 is 11.9 Å². The number of benzene rings is 1. The van der Waals surface area contributed by atoms with E-state index in [0.717, 1.165) is 38.5 Å². The summed E-state index contributed by atoms with van der Waals surface area (Å²) in [6.45, 7) is 4.20. The number of aromatic carboxylic acids is 2. The molecule has 0 spiro atoms. The molecular weight excluding hydrogens is 364 g/mol. The lowest BCUT2D eigenvalue weighted by Gasteiger charge is -1.98. The maximum atomic E-state index is 10.5. The quantitative estimate of drug-likeness (QED) is 0.444. The summed E-state index contributed by atoms with van der Waals surface area (Å²) in [5.41, 5.74) is 9.41. The molecule has 8 heteroatoms. The molecule has 6 N–H and O–H groups in total. The largest absolute Gasteiger partial charge is 0.478 e. The Labute approximate surface area is 165 Å². The summed E-state index contributed by atoms with van der Waals surface area (Å²) in [5.74, 6) is -2.82. The number of hydrogen-bond donors (Lipinski definition) is 4. The summed E-state index contributed by atoms with van der Waals surface area (Å²) >= 11 is 0. The van der Waals surface area contributed by atoms with E-state index in [1.54, 1.807) is 0 Å². The van der Waals surface area contributed by atoms with Gasteiger partial charge in [-0.25, -0.2) is 9.59 Å². The van der Waals surface area contributed by atoms with E-state index in [4.69, 9.17) is 21.7 Å². The highest BCUT2D eigenvalue weighted by atomic mass is 16.4. The molecule has 0 radical (unpaired) electrons. The van der Waals surface area contributed by atoms with Crippen LogP contribution in [0.1, 0.15) is 85.9 Å². The molecule has 1 aromatic carbocycles. The fraction of sp³-hybridized carbons (Fsp3) is 0.500. The van der Waals surface area contributed by atoms with Crippen molar-refractivity contribution < 1.29 is 29.4 Å². The predicted octanol–water partition coefficient (Wildman–Crippen LogP) is 3.19. The van der Waals surface area contributed by atoms with E-state index in [1.807, 2.05) is 0 Å². The highest BCUT2D eigenvalue weighted by Crippen LogP contribution is 2.07. The van der Waals surface area contributed by atoms with Crippen LogP contribution in [0.4, 0.5) is 0 Å². The predicted molar refractivity (Wildman–Crippen MR) is 107 cm³/mol. The molecular formula is C20H32N2O6. The molecule has 0 saturated carbocycles. The Morgan fingerprint density at radius 2 is 1.04 bits per heavy atom. The molecule has 0 aliphatic carbocycles. The number of primary amides is 2. The molecule has 0 aliphatic heterocycles. The summed E-state index contributed by atoms with van der Waals surface area (Å²) in [5, 5.41) is 17.1. The van der Waals surface area contributed by atoms with Gasteiger partial charge < -0.3 is 21.7 Å². The number of carboxylic acids is 2. The van der Waals surface area contributed by atoms with Gasteiger partial charge in [-0.1, -0.05) is 51.7 Å². The third-order valence-corrected chi connectivity index (χ3v) is 3.44. The van der Waals surface area contributed by atoms with Gasteiger partial charge in [0, 0.05) is 12.8 Å². The normalized spacial score (nSPS) is 9.21. The van der Waals surface area contributed by atoms with E-state index >= 15 is 0 Å². The van der Waals surface area contributed by atoms with Gasteiger partial charge >= 0.3 is 11.9 Å². The molecule has 1 rings (SSSR count). The third kappa shape index (κ3) is 16.6. The molecule has 0 unspecified atom stereocenters. The molecule has 2 amide bonds. The number of hydrogen-bond acceptors (Lipinski definition) is 4. The van der Waals surface area contributed by atoms with Crippen molar-refractivity contribution >= 4 is 23.8 Å². The SMILES string of the molecule is CCCCCC(N)=O.CCCCCC(N)=O.O=C(O)c1ccccc1C(=O)O. The van der Waals surface area contributed by atoms with E-state index in [-0.39, 0.29) is 22.9 Å². The average molecular weight is 396 g/mol. The Morgan fingerprint density at radius 1 is 0.714 bits per heavy atom. The Morgan fingerprint density at radius 3 is 1.25 bits per heavy atom. The van der Waals surface area contributed by atoms with E-state index in [9.17, 15) is 19.2 Å². The standard InChI is InChI=1S/C8H6O4.2C6H13NO/c9-7(10)5-3-1-2-4-6(5)8(11)12;2*1-2-3-4-5-6(7)8/h1-4H,(H,9,10)(H,11,12);2*2-5H2,1H3,(H2,7,8). The van der Waals surface area contributed by atoms with Gasteiger partial charge in [-0.2, -0.15) is 0 Å². The summed E-state index contributed by atoms with van der Waals surface area (Å²) in [7, 11) is 0. The molecule has 0 saturated heterocycles. The van der Waals surface area contributed by atoms with Crippen molar-refractivity contribution in [1.82, 2.24) is 0 Å². The number of carbonyl (C=O) groups is 4. The zero-order valence-corrected chi connectivity index (χ0v) is 16.6. The third-order valence-electron chi connectivity index (χ3n) is 3.44. The van der Waals surface area contributed by atoms with E-state index in [0.29, 0.717) is 12.8 Å². The first kappa shape index (κ1) is 27.3. The lowest BCUT2D eigenvalue weighted by atomic mass is 10.1. The lowest BCUT2D eigenvalue weighted by molar-refractivity contribution is -0.119. The molecule has 0 aromatic heterocycles. The van der Waals surface area contributed by atoms with Crippen molar-refractivity contribution in [2.75, 3.05) is 0 Å². The van der Waals surface area contributed by atoms with Gasteiger partial charge in [-0.15, -0.1) is 0 Å². The van der Waals surface area contributed by atoms with Crippen molar-refractivity contribution in [3.05, 3.63) is 35.4 Å². The van der Waals surface area contributed by atoms with Gasteiger partial charge in [0.1, 0.15) is 0 Å². The van der Waals surface area contributed by atoms with Crippen LogP contribution in [0, 0.1) is 0 Å². The topological polar surface area (TPSA) is 161 Å². The molecule has 0 bridgehead atoms. The Balaban J connectivity index is 0. The van der Waals surface area contributed by atoms with Crippen molar-refractivity contribution in [3.8, 4) is 0 Å². The van der Waals surface area contributed by atoms with Gasteiger partial charge in [0.25, 0.3) is 0 Å². The number of carbonyl (C=O) groups excluding carboxylic acids is 2. The second-order valence-electron chi connectivity index (χ2n) is 6.00. The number of unbranched alkanes of at least 4 members (excludes halogenated alkanes) is 4. The number of rotatable bonds is 10. The van der Waals surface area contributed by atoms with Gasteiger partial charge in [-0.3, -0.25) is 9.59 Å². The molecule has 158 valence electrons. The van der Waals surface area contributed by atoms with Crippen LogP contribution in [0.3, 0.4) is 0 Å². The first-order valence-electron chi connectivity index (χ1n) is 9.29. The minimum atomic E-state index is -1.23. The molecule has 0 heterocycles. The van der Waals surface area contributed by atoms with Crippen molar-refractivity contribution in [3.63, 3.8) is 0 Å². The zero-order valence-electron chi connectivity index (χ0n) is 16.6. The zero-order chi connectivity index (χ0) is 21.9. The number of nitrogens with two attached hydrogens (primary N) is 2. The minimum Gasteiger partial charge on any atom is -0.478 e. The summed E-state index contributed by atoms with van der Waals surface area (Å²) in [6, 6.07) is 5.48. The van der Waals surface area contributed by atoms with Gasteiger partial charge in [0.2, 0.25) is 11.8 Å².